The second-order valence-corrected chi connectivity index (χ2v) is 5.94. The van der Waals surface area contributed by atoms with E-state index in [1.54, 1.807) is 6.07 Å². The van der Waals surface area contributed by atoms with Crippen molar-refractivity contribution in [2.24, 2.45) is 5.92 Å². The summed E-state index contributed by atoms with van der Waals surface area (Å²) in [5.74, 6) is 0.690. The Bertz CT molecular complexity index is 483. The average molecular weight is 301 g/mol. The summed E-state index contributed by atoms with van der Waals surface area (Å²) in [5, 5.41) is 3.80. The molecule has 3 nitrogen and oxygen atoms in total. The number of aryl methyl sites for hydroxylation is 1. The van der Waals surface area contributed by atoms with Gasteiger partial charge < -0.3 is 10.2 Å². The molecule has 5 heteroatoms. The predicted octanol–water partition coefficient (Wildman–Crippen LogP) is 4.57. The Kier molecular flexibility index (Phi) is 4.58. The lowest BCUT2D eigenvalue weighted by atomic mass is 10.00. The first-order valence-electron chi connectivity index (χ1n) is 6.49. The number of nitrogens with one attached hydrogen (secondary N) is 1. The van der Waals surface area contributed by atoms with E-state index in [1.807, 2.05) is 17.9 Å². The Morgan fingerprint density at radius 2 is 1.95 bits per heavy atom. The number of urea groups is 1. The first-order valence-corrected chi connectivity index (χ1v) is 7.25. The van der Waals surface area contributed by atoms with E-state index in [0.29, 0.717) is 21.7 Å². The Morgan fingerprint density at radius 1 is 1.32 bits per heavy atom. The molecule has 1 aromatic rings. The molecule has 1 aliphatic rings. The highest BCUT2D eigenvalue weighted by atomic mass is 35.5. The summed E-state index contributed by atoms with van der Waals surface area (Å²) in [6.07, 6.45) is 2.09. The predicted molar refractivity (Wildman–Crippen MR) is 80.2 cm³/mol. The fraction of sp³-hybridized carbons (Fsp3) is 0.500. The number of benzene rings is 1. The summed E-state index contributed by atoms with van der Waals surface area (Å²) in [6, 6.07) is 3.46. The minimum atomic E-state index is -0.124. The maximum absolute atomic E-state index is 12.2. The smallest absolute Gasteiger partial charge is 0.321 e. The Hall–Kier alpha value is -0.930. The second kappa shape index (κ2) is 6.02. The molecule has 19 heavy (non-hydrogen) atoms. The quantitative estimate of drug-likeness (QED) is 0.810. The summed E-state index contributed by atoms with van der Waals surface area (Å²) >= 11 is 12.3. The molecule has 0 bridgehead atoms. The van der Waals surface area contributed by atoms with Crippen molar-refractivity contribution in [1.82, 2.24) is 4.90 Å². The highest BCUT2D eigenvalue weighted by Crippen LogP contribution is 2.33. The number of hydrogen-bond donors (Lipinski definition) is 1. The third kappa shape index (κ3) is 3.34. The van der Waals surface area contributed by atoms with Gasteiger partial charge in [0.2, 0.25) is 0 Å². The molecule has 2 rings (SSSR count). The summed E-state index contributed by atoms with van der Waals surface area (Å²) in [6.45, 7) is 5.67. The van der Waals surface area contributed by atoms with Gasteiger partial charge in [0.15, 0.2) is 0 Å². The minimum absolute atomic E-state index is 0.124. The zero-order valence-electron chi connectivity index (χ0n) is 11.2. The van der Waals surface area contributed by atoms with Crippen molar-refractivity contribution >= 4 is 34.9 Å². The molecular weight excluding hydrogens is 283 g/mol. The molecule has 1 fully saturated rings. The fourth-order valence-electron chi connectivity index (χ4n) is 2.17. The van der Waals surface area contributed by atoms with Gasteiger partial charge in [0.25, 0.3) is 0 Å². The van der Waals surface area contributed by atoms with Gasteiger partial charge in [-0.3, -0.25) is 0 Å². The molecule has 1 aliphatic heterocycles. The van der Waals surface area contributed by atoms with E-state index in [9.17, 15) is 4.79 Å². The van der Waals surface area contributed by atoms with Crippen LogP contribution in [0.1, 0.15) is 25.3 Å². The van der Waals surface area contributed by atoms with Crippen molar-refractivity contribution < 1.29 is 4.79 Å². The van der Waals surface area contributed by atoms with E-state index < -0.39 is 0 Å². The van der Waals surface area contributed by atoms with Crippen LogP contribution in [0.2, 0.25) is 10.0 Å². The van der Waals surface area contributed by atoms with Gasteiger partial charge >= 0.3 is 6.03 Å². The number of halogens is 2. The highest BCUT2D eigenvalue weighted by molar-refractivity contribution is 6.40. The maximum Gasteiger partial charge on any atom is 0.321 e. The van der Waals surface area contributed by atoms with Crippen LogP contribution in [0.15, 0.2) is 12.1 Å². The maximum atomic E-state index is 12.2. The minimum Gasteiger partial charge on any atom is -0.325 e. The molecule has 0 aromatic heterocycles. The first kappa shape index (κ1) is 14.5. The molecule has 1 heterocycles. The zero-order chi connectivity index (χ0) is 14.0. The number of rotatable bonds is 1. The molecule has 0 unspecified atom stereocenters. The lowest BCUT2D eigenvalue weighted by Crippen LogP contribution is -2.40. The Labute approximate surface area is 123 Å². The van der Waals surface area contributed by atoms with Crippen LogP contribution in [0, 0.1) is 12.8 Å². The Balaban J connectivity index is 2.09. The van der Waals surface area contributed by atoms with Crippen molar-refractivity contribution in [3.05, 3.63) is 27.7 Å². The number of likely N-dealkylation sites (tertiary alicyclic amines) is 1. The summed E-state index contributed by atoms with van der Waals surface area (Å²) in [4.78, 5) is 14.0. The highest BCUT2D eigenvalue weighted by Gasteiger charge is 2.21. The number of carbonyl (C=O) groups excluding carboxylic acids is 1. The SMILES string of the molecule is Cc1ccc(Cl)c(NC(=O)N2CCC(C)CC2)c1Cl. The summed E-state index contributed by atoms with van der Waals surface area (Å²) in [7, 11) is 0. The number of hydrogen-bond acceptors (Lipinski definition) is 1. The molecule has 104 valence electrons. The van der Waals surface area contributed by atoms with E-state index in [0.717, 1.165) is 31.5 Å². The first-order chi connectivity index (χ1) is 8.99. The second-order valence-electron chi connectivity index (χ2n) is 5.15. The number of piperidine rings is 1. The Morgan fingerprint density at radius 3 is 2.58 bits per heavy atom. The summed E-state index contributed by atoms with van der Waals surface area (Å²) in [5.41, 5.74) is 1.40. The molecule has 1 N–H and O–H groups in total. The molecule has 2 amide bonds. The molecule has 0 aliphatic carbocycles. The van der Waals surface area contributed by atoms with Gasteiger partial charge in [-0.1, -0.05) is 36.2 Å². The van der Waals surface area contributed by atoms with Gasteiger partial charge in [-0.05, 0) is 37.3 Å². The van der Waals surface area contributed by atoms with Crippen LogP contribution >= 0.6 is 23.2 Å². The summed E-state index contributed by atoms with van der Waals surface area (Å²) < 4.78 is 0. The number of anilines is 1. The van der Waals surface area contributed by atoms with Crippen LogP contribution in [-0.4, -0.2) is 24.0 Å². The van der Waals surface area contributed by atoms with Crippen LogP contribution in [0.25, 0.3) is 0 Å². The number of nitrogens with zero attached hydrogens (tertiary/aromatic N) is 1. The van der Waals surface area contributed by atoms with E-state index in [1.165, 1.54) is 0 Å². The molecule has 0 atom stereocenters. The molecule has 1 aromatic carbocycles. The van der Waals surface area contributed by atoms with E-state index in [-0.39, 0.29) is 6.03 Å². The normalized spacial score (nSPS) is 16.5. The van der Waals surface area contributed by atoms with Gasteiger partial charge in [0.1, 0.15) is 0 Å². The third-order valence-corrected chi connectivity index (χ3v) is 4.39. The van der Waals surface area contributed by atoms with Crippen molar-refractivity contribution in [3.8, 4) is 0 Å². The van der Waals surface area contributed by atoms with Gasteiger partial charge in [-0.2, -0.15) is 0 Å². The number of carbonyl (C=O) groups is 1. The molecule has 0 saturated carbocycles. The van der Waals surface area contributed by atoms with Crippen LogP contribution in [-0.2, 0) is 0 Å². The van der Waals surface area contributed by atoms with Crippen LogP contribution in [0.5, 0.6) is 0 Å². The third-order valence-electron chi connectivity index (χ3n) is 3.59. The molecule has 0 spiro atoms. The standard InChI is InChI=1S/C14H18Cl2N2O/c1-9-5-7-18(8-6-9)14(19)17-13-11(15)4-3-10(2)12(13)16/h3-4,9H,5-8H2,1-2H3,(H,17,19). The largest absolute Gasteiger partial charge is 0.325 e. The zero-order valence-corrected chi connectivity index (χ0v) is 12.7. The van der Waals surface area contributed by atoms with Crippen molar-refractivity contribution in [2.75, 3.05) is 18.4 Å². The number of amides is 2. The van der Waals surface area contributed by atoms with Gasteiger partial charge in [-0.25, -0.2) is 4.79 Å². The lowest BCUT2D eigenvalue weighted by Gasteiger charge is -2.30. The van der Waals surface area contributed by atoms with Crippen molar-refractivity contribution in [2.45, 2.75) is 26.7 Å². The van der Waals surface area contributed by atoms with Gasteiger partial charge in [-0.15, -0.1) is 0 Å². The van der Waals surface area contributed by atoms with E-state index in [2.05, 4.69) is 12.2 Å². The lowest BCUT2D eigenvalue weighted by molar-refractivity contribution is 0.186. The molecular formula is C14H18Cl2N2O. The van der Waals surface area contributed by atoms with Crippen molar-refractivity contribution in [3.63, 3.8) is 0 Å². The van der Waals surface area contributed by atoms with Crippen LogP contribution in [0.3, 0.4) is 0 Å². The van der Waals surface area contributed by atoms with Crippen LogP contribution < -0.4 is 5.32 Å². The van der Waals surface area contributed by atoms with Crippen LogP contribution in [0.4, 0.5) is 10.5 Å². The molecule has 0 radical (unpaired) electrons. The van der Waals surface area contributed by atoms with Gasteiger partial charge in [0.05, 0.1) is 15.7 Å². The average Bonchev–Trinajstić information content (AvgIpc) is 2.40. The van der Waals surface area contributed by atoms with Crippen molar-refractivity contribution in [1.29, 1.82) is 0 Å². The molecule has 1 saturated heterocycles. The van der Waals surface area contributed by atoms with E-state index >= 15 is 0 Å². The van der Waals surface area contributed by atoms with Gasteiger partial charge in [0, 0.05) is 13.1 Å². The topological polar surface area (TPSA) is 32.3 Å². The fourth-order valence-corrected chi connectivity index (χ4v) is 2.63. The van der Waals surface area contributed by atoms with E-state index in [4.69, 9.17) is 23.2 Å². The monoisotopic (exact) mass is 300 g/mol.